The Morgan fingerprint density at radius 1 is 0.897 bits per heavy atom. The Balaban J connectivity index is 1.74. The van der Waals surface area contributed by atoms with Gasteiger partial charge in [-0.1, -0.05) is 37.3 Å². The van der Waals surface area contributed by atoms with Gasteiger partial charge in [0, 0.05) is 29.4 Å². The zero-order valence-electron chi connectivity index (χ0n) is 16.6. The van der Waals surface area contributed by atoms with E-state index < -0.39 is 0 Å². The van der Waals surface area contributed by atoms with Crippen molar-refractivity contribution in [3.05, 3.63) is 90.1 Å². The average Bonchev–Trinajstić information content (AvgIpc) is 3.06. The van der Waals surface area contributed by atoms with E-state index in [0.717, 1.165) is 40.9 Å². The van der Waals surface area contributed by atoms with Gasteiger partial charge in [0.05, 0.1) is 12.4 Å². The van der Waals surface area contributed by atoms with Crippen LogP contribution in [0.4, 0.5) is 4.39 Å². The molecule has 4 aromatic rings. The summed E-state index contributed by atoms with van der Waals surface area (Å²) in [6.45, 7) is 2.26. The molecule has 2 heterocycles. The van der Waals surface area contributed by atoms with Gasteiger partial charge < -0.3 is 0 Å². The monoisotopic (exact) mass is 386 g/mol. The van der Waals surface area contributed by atoms with Crippen LogP contribution in [0.25, 0.3) is 22.4 Å². The highest BCUT2D eigenvalue weighted by Crippen LogP contribution is 2.35. The van der Waals surface area contributed by atoms with Crippen molar-refractivity contribution in [2.24, 2.45) is 13.0 Å². The zero-order valence-corrected chi connectivity index (χ0v) is 16.6. The first-order chi connectivity index (χ1) is 14.1. The van der Waals surface area contributed by atoms with Gasteiger partial charge in [-0.2, -0.15) is 15.3 Å². The number of hydrogen-bond donors (Lipinski definition) is 0. The molecule has 1 atom stereocenters. The molecular weight excluding hydrogens is 363 g/mol. The third kappa shape index (κ3) is 4.24. The molecule has 0 radical (unpaired) electrons. The van der Waals surface area contributed by atoms with Crippen molar-refractivity contribution in [2.45, 2.75) is 19.8 Å². The first-order valence-corrected chi connectivity index (χ1v) is 9.74. The second-order valence-corrected chi connectivity index (χ2v) is 7.43. The van der Waals surface area contributed by atoms with Crippen LogP contribution < -0.4 is 0 Å². The van der Waals surface area contributed by atoms with Crippen molar-refractivity contribution < 1.29 is 4.39 Å². The van der Waals surface area contributed by atoms with E-state index in [2.05, 4.69) is 41.4 Å². The largest absolute Gasteiger partial charge is 0.271 e. The van der Waals surface area contributed by atoms with Gasteiger partial charge in [-0.25, -0.2) is 4.39 Å². The lowest BCUT2D eigenvalue weighted by molar-refractivity contribution is 0.547. The molecule has 0 bridgehead atoms. The minimum absolute atomic E-state index is 0.256. The molecular formula is C24H23FN4. The molecule has 0 N–H and O–H groups in total. The molecule has 2 aromatic carbocycles. The highest BCUT2D eigenvalue weighted by molar-refractivity contribution is 5.82. The lowest BCUT2D eigenvalue weighted by Gasteiger charge is -2.14. The Kier molecular flexibility index (Phi) is 5.47. The molecule has 0 fully saturated rings. The topological polar surface area (TPSA) is 43.6 Å². The third-order valence-corrected chi connectivity index (χ3v) is 5.13. The molecule has 0 amide bonds. The van der Waals surface area contributed by atoms with Crippen LogP contribution in [0, 0.1) is 11.7 Å². The Labute approximate surface area is 170 Å². The maximum Gasteiger partial charge on any atom is 0.123 e. The third-order valence-electron chi connectivity index (χ3n) is 5.13. The highest BCUT2D eigenvalue weighted by atomic mass is 19.1. The number of nitrogens with zero attached hydrogens (tertiary/aromatic N) is 4. The fourth-order valence-electron chi connectivity index (χ4n) is 3.76. The number of aryl methyl sites for hydroxylation is 1. The van der Waals surface area contributed by atoms with Crippen LogP contribution in [0.1, 0.15) is 18.2 Å². The second-order valence-electron chi connectivity index (χ2n) is 7.43. The summed E-state index contributed by atoms with van der Waals surface area (Å²) in [5.74, 6) is 0.177. The Morgan fingerprint density at radius 2 is 1.66 bits per heavy atom. The molecule has 2 aromatic heterocycles. The molecule has 0 aliphatic rings. The second kappa shape index (κ2) is 8.35. The molecule has 0 aliphatic heterocycles. The quantitative estimate of drug-likeness (QED) is 0.463. The van der Waals surface area contributed by atoms with E-state index >= 15 is 0 Å². The SMILES string of the molecule is CC(Cc1ccccc1)Cc1c(-c2ccnnc2)c(-c2ccc(F)cc2)nn1C. The van der Waals surface area contributed by atoms with Gasteiger partial charge in [0.1, 0.15) is 11.5 Å². The minimum Gasteiger partial charge on any atom is -0.271 e. The summed E-state index contributed by atoms with van der Waals surface area (Å²) in [6, 6.07) is 18.9. The van der Waals surface area contributed by atoms with Crippen molar-refractivity contribution in [1.82, 2.24) is 20.0 Å². The standard InChI is InChI=1S/C24H23FN4/c1-17(14-18-6-4-3-5-7-18)15-22-23(20-12-13-26-27-16-20)24(28-29(22)2)19-8-10-21(25)11-9-19/h3-13,16-17H,14-15H2,1-2H3. The van der Waals surface area contributed by atoms with Gasteiger partial charge in [0.15, 0.2) is 0 Å². The maximum atomic E-state index is 13.4. The van der Waals surface area contributed by atoms with Crippen molar-refractivity contribution in [3.63, 3.8) is 0 Å². The Bertz CT molecular complexity index is 1070. The van der Waals surface area contributed by atoms with Crippen LogP contribution in [0.3, 0.4) is 0 Å². The summed E-state index contributed by atoms with van der Waals surface area (Å²) in [6.07, 6.45) is 5.31. The van der Waals surface area contributed by atoms with Gasteiger partial charge in [0.25, 0.3) is 0 Å². The molecule has 29 heavy (non-hydrogen) atoms. The zero-order chi connectivity index (χ0) is 20.2. The van der Waals surface area contributed by atoms with E-state index in [1.165, 1.54) is 17.7 Å². The molecule has 0 saturated carbocycles. The molecule has 0 aliphatic carbocycles. The summed E-state index contributed by atoms with van der Waals surface area (Å²) in [4.78, 5) is 0. The number of halogens is 1. The van der Waals surface area contributed by atoms with E-state index in [9.17, 15) is 4.39 Å². The van der Waals surface area contributed by atoms with E-state index in [1.54, 1.807) is 24.5 Å². The van der Waals surface area contributed by atoms with Crippen LogP contribution in [0.5, 0.6) is 0 Å². The number of rotatable bonds is 6. The van der Waals surface area contributed by atoms with Gasteiger partial charge in [-0.05, 0) is 54.7 Å². The first kappa shape index (κ1) is 19.0. The van der Waals surface area contributed by atoms with Crippen molar-refractivity contribution >= 4 is 0 Å². The normalized spacial score (nSPS) is 12.1. The number of benzene rings is 2. The van der Waals surface area contributed by atoms with Gasteiger partial charge in [-0.15, -0.1) is 0 Å². The van der Waals surface area contributed by atoms with Crippen LogP contribution in [0.15, 0.2) is 73.1 Å². The van der Waals surface area contributed by atoms with E-state index in [0.29, 0.717) is 5.92 Å². The smallest absolute Gasteiger partial charge is 0.123 e. The van der Waals surface area contributed by atoms with E-state index in [4.69, 9.17) is 5.10 Å². The average molecular weight is 386 g/mol. The molecule has 0 spiro atoms. The van der Waals surface area contributed by atoms with Crippen molar-refractivity contribution in [1.29, 1.82) is 0 Å². The van der Waals surface area contributed by atoms with Gasteiger partial charge >= 0.3 is 0 Å². The fraction of sp³-hybridized carbons (Fsp3) is 0.208. The predicted molar refractivity (Wildman–Crippen MR) is 113 cm³/mol. The Hall–Kier alpha value is -3.34. The van der Waals surface area contributed by atoms with Gasteiger partial charge in [0.2, 0.25) is 0 Å². The predicted octanol–water partition coefficient (Wildman–Crippen LogP) is 5.10. The number of hydrogen-bond acceptors (Lipinski definition) is 3. The Morgan fingerprint density at radius 3 is 2.34 bits per heavy atom. The van der Waals surface area contributed by atoms with E-state index in [1.807, 2.05) is 23.9 Å². The lowest BCUT2D eigenvalue weighted by atomic mass is 9.92. The first-order valence-electron chi connectivity index (χ1n) is 9.74. The number of aromatic nitrogens is 4. The summed E-state index contributed by atoms with van der Waals surface area (Å²) in [5.41, 5.74) is 6.19. The molecule has 146 valence electrons. The van der Waals surface area contributed by atoms with Gasteiger partial charge in [-0.3, -0.25) is 4.68 Å². The van der Waals surface area contributed by atoms with Crippen molar-refractivity contribution in [2.75, 3.05) is 0 Å². The van der Waals surface area contributed by atoms with Crippen LogP contribution >= 0.6 is 0 Å². The molecule has 4 nitrogen and oxygen atoms in total. The summed E-state index contributed by atoms with van der Waals surface area (Å²) in [7, 11) is 1.97. The lowest BCUT2D eigenvalue weighted by Crippen LogP contribution is -2.09. The molecule has 0 saturated heterocycles. The summed E-state index contributed by atoms with van der Waals surface area (Å²) >= 11 is 0. The molecule has 1 unspecified atom stereocenters. The highest BCUT2D eigenvalue weighted by Gasteiger charge is 2.21. The minimum atomic E-state index is -0.256. The summed E-state index contributed by atoms with van der Waals surface area (Å²) < 4.78 is 15.4. The molecule has 4 rings (SSSR count). The summed E-state index contributed by atoms with van der Waals surface area (Å²) in [5, 5.41) is 12.8. The van der Waals surface area contributed by atoms with Crippen LogP contribution in [-0.2, 0) is 19.9 Å². The van der Waals surface area contributed by atoms with Crippen LogP contribution in [0.2, 0.25) is 0 Å². The maximum absolute atomic E-state index is 13.4. The van der Waals surface area contributed by atoms with Crippen LogP contribution in [-0.4, -0.2) is 20.0 Å². The van der Waals surface area contributed by atoms with E-state index in [-0.39, 0.29) is 5.82 Å². The van der Waals surface area contributed by atoms with Crippen molar-refractivity contribution in [3.8, 4) is 22.4 Å². The fourth-order valence-corrected chi connectivity index (χ4v) is 3.76. The molecule has 5 heteroatoms.